The first-order chi connectivity index (χ1) is 15.9. The lowest BCUT2D eigenvalue weighted by atomic mass is 10.1. The van der Waals surface area contributed by atoms with E-state index in [-0.39, 0.29) is 42.7 Å². The molecule has 0 fully saturated rings. The number of benzene rings is 2. The molecule has 3 aromatic rings. The third kappa shape index (κ3) is 6.28. The minimum absolute atomic E-state index is 0.0192. The van der Waals surface area contributed by atoms with Gasteiger partial charge in [-0.2, -0.15) is 0 Å². The first-order valence-electron chi connectivity index (χ1n) is 11.2. The van der Waals surface area contributed by atoms with Crippen LogP contribution in [0.4, 0.5) is 4.39 Å². The maximum Gasteiger partial charge on any atom is 0.242 e. The van der Waals surface area contributed by atoms with Crippen molar-refractivity contribution in [2.45, 2.75) is 46.2 Å². The molecule has 33 heavy (non-hydrogen) atoms. The minimum Gasteiger partial charge on any atom is -0.464 e. The third-order valence-electron chi connectivity index (χ3n) is 5.51. The molecule has 2 amide bonds. The zero-order valence-electron chi connectivity index (χ0n) is 19.1. The van der Waals surface area contributed by atoms with E-state index in [4.69, 9.17) is 4.42 Å². The van der Waals surface area contributed by atoms with E-state index in [1.165, 1.54) is 23.3 Å². The fourth-order valence-electron chi connectivity index (χ4n) is 3.60. The van der Waals surface area contributed by atoms with Crippen molar-refractivity contribution in [2.24, 2.45) is 0 Å². The summed E-state index contributed by atoms with van der Waals surface area (Å²) in [6, 6.07) is 12.8. The Morgan fingerprint density at radius 2 is 1.67 bits per heavy atom. The Morgan fingerprint density at radius 3 is 2.36 bits per heavy atom. The second-order valence-electron chi connectivity index (χ2n) is 7.98. The second kappa shape index (κ2) is 11.4. The first-order valence-corrected chi connectivity index (χ1v) is 11.2. The van der Waals surface area contributed by atoms with E-state index in [1.807, 2.05) is 6.92 Å². The van der Waals surface area contributed by atoms with Crippen molar-refractivity contribution in [1.82, 2.24) is 9.80 Å². The fourth-order valence-corrected chi connectivity index (χ4v) is 3.60. The molecule has 0 atom stereocenters. The molecule has 0 aliphatic heterocycles. The van der Waals surface area contributed by atoms with Crippen molar-refractivity contribution in [3.05, 3.63) is 82.0 Å². The summed E-state index contributed by atoms with van der Waals surface area (Å²) in [5, 5.41) is 0.440. The summed E-state index contributed by atoms with van der Waals surface area (Å²) in [7, 11) is 0. The highest BCUT2D eigenvalue weighted by molar-refractivity contribution is 5.85. The predicted octanol–water partition coefficient (Wildman–Crippen LogP) is 4.50. The Kier molecular flexibility index (Phi) is 8.35. The molecular weight excluding hydrogens is 423 g/mol. The van der Waals surface area contributed by atoms with Crippen molar-refractivity contribution in [2.75, 3.05) is 13.1 Å². The number of amides is 2. The molecule has 0 N–H and O–H groups in total. The van der Waals surface area contributed by atoms with E-state index in [2.05, 4.69) is 0 Å². The maximum atomic E-state index is 13.4. The van der Waals surface area contributed by atoms with E-state index in [0.29, 0.717) is 29.5 Å². The predicted molar refractivity (Wildman–Crippen MR) is 125 cm³/mol. The second-order valence-corrected chi connectivity index (χ2v) is 7.98. The van der Waals surface area contributed by atoms with Crippen LogP contribution < -0.4 is 5.43 Å². The van der Waals surface area contributed by atoms with Crippen LogP contribution in [0.1, 0.15) is 44.2 Å². The number of carbonyl (C=O) groups is 2. The number of rotatable bonds is 10. The van der Waals surface area contributed by atoms with Crippen LogP contribution in [-0.4, -0.2) is 34.7 Å². The number of carbonyl (C=O) groups excluding carboxylic acids is 2. The molecule has 174 valence electrons. The number of halogens is 1. The molecule has 7 heteroatoms. The smallest absolute Gasteiger partial charge is 0.242 e. The molecule has 2 aromatic carbocycles. The van der Waals surface area contributed by atoms with Gasteiger partial charge in [-0.05, 0) is 36.2 Å². The van der Waals surface area contributed by atoms with Crippen molar-refractivity contribution in [3.8, 4) is 0 Å². The molecule has 0 aliphatic carbocycles. The van der Waals surface area contributed by atoms with Gasteiger partial charge in [0.25, 0.3) is 0 Å². The maximum absolute atomic E-state index is 13.4. The van der Waals surface area contributed by atoms with Gasteiger partial charge in [0.15, 0.2) is 5.43 Å². The monoisotopic (exact) mass is 452 g/mol. The summed E-state index contributed by atoms with van der Waals surface area (Å²) in [5.41, 5.74) is 1.33. The van der Waals surface area contributed by atoms with Gasteiger partial charge in [0.05, 0.1) is 30.3 Å². The molecule has 0 bridgehead atoms. The minimum atomic E-state index is -0.369. The number of nitrogens with zero attached hydrogens (tertiary/aromatic N) is 2. The van der Waals surface area contributed by atoms with E-state index in [9.17, 15) is 18.8 Å². The number of fused-ring (bicyclic) bond motifs is 1. The van der Waals surface area contributed by atoms with Crippen LogP contribution in [0.3, 0.4) is 0 Å². The van der Waals surface area contributed by atoms with Crippen LogP contribution in [0.25, 0.3) is 11.0 Å². The van der Waals surface area contributed by atoms with Crippen molar-refractivity contribution in [3.63, 3.8) is 0 Å². The lowest BCUT2D eigenvalue weighted by Crippen LogP contribution is -2.43. The summed E-state index contributed by atoms with van der Waals surface area (Å²) in [4.78, 5) is 41.8. The standard InChI is InChI=1S/C26H29FN2O4/c1-3-5-14-28(24(30)4-2)17-25(31)29(15-19-10-12-21(27)13-11-19)16-20-18-33-23-9-7-6-8-22(23)26(20)32/h6-13,18H,3-5,14-17H2,1-2H3. The molecule has 3 rings (SSSR count). The number of para-hydroxylation sites is 1. The average Bonchev–Trinajstić information content (AvgIpc) is 2.83. The summed E-state index contributed by atoms with van der Waals surface area (Å²) in [5.74, 6) is -0.750. The van der Waals surface area contributed by atoms with Gasteiger partial charge in [-0.25, -0.2) is 4.39 Å². The summed E-state index contributed by atoms with van der Waals surface area (Å²) >= 11 is 0. The first kappa shape index (κ1) is 24.2. The van der Waals surface area contributed by atoms with Crippen LogP contribution in [0, 0.1) is 5.82 Å². The SMILES string of the molecule is CCCCN(CC(=O)N(Cc1ccc(F)cc1)Cc1coc2ccccc2c1=O)C(=O)CC. The highest BCUT2D eigenvalue weighted by atomic mass is 19.1. The normalized spacial score (nSPS) is 10.9. The zero-order chi connectivity index (χ0) is 23.8. The molecule has 0 unspecified atom stereocenters. The Morgan fingerprint density at radius 1 is 0.939 bits per heavy atom. The van der Waals surface area contributed by atoms with Gasteiger partial charge in [-0.15, -0.1) is 0 Å². The lowest BCUT2D eigenvalue weighted by Gasteiger charge is -2.27. The van der Waals surface area contributed by atoms with Crippen molar-refractivity contribution >= 4 is 22.8 Å². The summed E-state index contributed by atoms with van der Waals surface area (Å²) < 4.78 is 19.0. The van der Waals surface area contributed by atoms with Crippen LogP contribution in [0.2, 0.25) is 0 Å². The molecule has 1 heterocycles. The zero-order valence-corrected chi connectivity index (χ0v) is 19.1. The van der Waals surface area contributed by atoms with Gasteiger partial charge >= 0.3 is 0 Å². The lowest BCUT2D eigenvalue weighted by molar-refractivity contribution is -0.141. The molecule has 0 aliphatic rings. The molecule has 6 nitrogen and oxygen atoms in total. The number of hydrogen-bond donors (Lipinski definition) is 0. The van der Waals surface area contributed by atoms with E-state index < -0.39 is 0 Å². The van der Waals surface area contributed by atoms with Crippen molar-refractivity contribution in [1.29, 1.82) is 0 Å². The number of hydrogen-bond acceptors (Lipinski definition) is 4. The Balaban J connectivity index is 1.89. The molecule has 0 saturated carbocycles. The van der Waals surface area contributed by atoms with Gasteiger partial charge in [0.2, 0.25) is 11.8 Å². The average molecular weight is 453 g/mol. The largest absolute Gasteiger partial charge is 0.464 e. The molecule has 1 aromatic heterocycles. The number of unbranched alkanes of at least 4 members (excludes halogenated alkanes) is 1. The fraction of sp³-hybridized carbons (Fsp3) is 0.346. The highest BCUT2D eigenvalue weighted by Crippen LogP contribution is 2.15. The molecule has 0 saturated heterocycles. The molecule has 0 radical (unpaired) electrons. The van der Waals surface area contributed by atoms with Crippen LogP contribution in [0.5, 0.6) is 0 Å². The van der Waals surface area contributed by atoms with Gasteiger partial charge in [0.1, 0.15) is 11.4 Å². The topological polar surface area (TPSA) is 70.8 Å². The Bertz CT molecular complexity index is 1160. The van der Waals surface area contributed by atoms with Crippen molar-refractivity contribution < 1.29 is 18.4 Å². The van der Waals surface area contributed by atoms with E-state index in [0.717, 1.165) is 18.4 Å². The van der Waals surface area contributed by atoms with Gasteiger partial charge < -0.3 is 14.2 Å². The molecular formula is C26H29FN2O4. The van der Waals surface area contributed by atoms with E-state index >= 15 is 0 Å². The van der Waals surface area contributed by atoms with Crippen LogP contribution in [0.15, 0.2) is 64.0 Å². The molecule has 0 spiro atoms. The van der Waals surface area contributed by atoms with Gasteiger partial charge in [-0.3, -0.25) is 14.4 Å². The Hall–Kier alpha value is -3.48. The third-order valence-corrected chi connectivity index (χ3v) is 5.51. The Labute approximate surface area is 192 Å². The quantitative estimate of drug-likeness (QED) is 0.454. The van der Waals surface area contributed by atoms with E-state index in [1.54, 1.807) is 48.2 Å². The van der Waals surface area contributed by atoms with Gasteiger partial charge in [0, 0.05) is 19.5 Å². The van der Waals surface area contributed by atoms with Crippen LogP contribution in [-0.2, 0) is 22.7 Å². The summed E-state index contributed by atoms with van der Waals surface area (Å²) in [6.07, 6.45) is 3.38. The highest BCUT2D eigenvalue weighted by Gasteiger charge is 2.22. The van der Waals surface area contributed by atoms with Crippen LogP contribution >= 0.6 is 0 Å². The van der Waals surface area contributed by atoms with Gasteiger partial charge in [-0.1, -0.05) is 44.5 Å². The summed E-state index contributed by atoms with van der Waals surface area (Å²) in [6.45, 7) is 4.40.